The van der Waals surface area contributed by atoms with Gasteiger partial charge in [0.15, 0.2) is 0 Å². The summed E-state index contributed by atoms with van der Waals surface area (Å²) in [6, 6.07) is 0.519. The number of rotatable bonds is 1. The quantitative estimate of drug-likeness (QED) is 0.792. The molecule has 1 aromatic rings. The van der Waals surface area contributed by atoms with Gasteiger partial charge in [0.25, 0.3) is 0 Å². The van der Waals surface area contributed by atoms with Crippen LogP contribution in [0.4, 0.5) is 13.2 Å². The average Bonchev–Trinajstić information content (AvgIpc) is 2.95. The second kappa shape index (κ2) is 4.15. The third-order valence-corrected chi connectivity index (χ3v) is 6.09. The molecule has 0 bridgehead atoms. The average molecular weight is 375 g/mol. The van der Waals surface area contributed by atoms with Gasteiger partial charge in [-0.1, -0.05) is 18.0 Å². The molecule has 1 fully saturated rings. The lowest BCUT2D eigenvalue weighted by atomic mass is 9.69. The Balaban J connectivity index is 2.34. The topological polar surface area (TPSA) is 45.4 Å². The van der Waals surface area contributed by atoms with Gasteiger partial charge in [-0.15, -0.1) is 0 Å². The van der Waals surface area contributed by atoms with Gasteiger partial charge >= 0.3 is 6.18 Å². The van der Waals surface area contributed by atoms with Crippen LogP contribution in [0.1, 0.15) is 31.0 Å². The maximum absolute atomic E-state index is 13.6. The maximum Gasteiger partial charge on any atom is 0.423 e. The number of aromatic nitrogens is 1. The summed E-state index contributed by atoms with van der Waals surface area (Å²) in [7, 11) is 0. The van der Waals surface area contributed by atoms with Crippen molar-refractivity contribution < 1.29 is 23.4 Å². The predicted octanol–water partition coefficient (Wildman–Crippen LogP) is 3.37. The highest BCUT2D eigenvalue weighted by Gasteiger charge is 2.75. The first-order chi connectivity index (χ1) is 9.20. The molecule has 3 atom stereocenters. The Kier molecular flexibility index (Phi) is 3.05. The van der Waals surface area contributed by atoms with E-state index in [0.717, 1.165) is 6.07 Å². The number of alkyl halides is 3. The Bertz CT molecular complexity index is 576. The third kappa shape index (κ3) is 1.40. The van der Waals surface area contributed by atoms with Crippen LogP contribution in [0.3, 0.4) is 0 Å². The Labute approximate surface area is 126 Å². The Morgan fingerprint density at radius 1 is 1.50 bits per heavy atom. The molecular formula is C12H12BrClF3NO2. The lowest BCUT2D eigenvalue weighted by Gasteiger charge is -2.41. The summed E-state index contributed by atoms with van der Waals surface area (Å²) in [5.74, 6) is 0. The van der Waals surface area contributed by atoms with Gasteiger partial charge in [-0.05, 0) is 34.8 Å². The zero-order valence-electron chi connectivity index (χ0n) is 10.2. The zero-order valence-corrected chi connectivity index (χ0v) is 12.6. The van der Waals surface area contributed by atoms with Crippen LogP contribution >= 0.6 is 27.5 Å². The Morgan fingerprint density at radius 3 is 2.70 bits per heavy atom. The van der Waals surface area contributed by atoms with Gasteiger partial charge in [-0.25, -0.2) is 0 Å². The van der Waals surface area contributed by atoms with Crippen LogP contribution in [0.15, 0.2) is 10.7 Å². The molecule has 3 rings (SSSR count). The van der Waals surface area contributed by atoms with E-state index in [1.807, 2.05) is 0 Å². The molecule has 1 aliphatic heterocycles. The second-order valence-electron chi connectivity index (χ2n) is 5.47. The van der Waals surface area contributed by atoms with Crippen molar-refractivity contribution in [3.05, 3.63) is 21.4 Å². The summed E-state index contributed by atoms with van der Waals surface area (Å²) in [4.78, 5) is 0. The fraction of sp³-hybridized carbons (Fsp3) is 0.667. The summed E-state index contributed by atoms with van der Waals surface area (Å²) in [5, 5.41) is 20.3. The van der Waals surface area contributed by atoms with Crippen molar-refractivity contribution >= 4 is 27.5 Å². The fourth-order valence-electron chi connectivity index (χ4n) is 3.89. The highest BCUT2D eigenvalue weighted by Crippen LogP contribution is 2.68. The molecule has 1 aromatic heterocycles. The minimum Gasteiger partial charge on any atom is -0.396 e. The molecule has 0 radical (unpaired) electrons. The van der Waals surface area contributed by atoms with E-state index < -0.39 is 29.8 Å². The smallest absolute Gasteiger partial charge is 0.396 e. The number of halogens is 5. The summed E-state index contributed by atoms with van der Waals surface area (Å²) < 4.78 is 42.5. The maximum atomic E-state index is 13.6. The number of hydrogen-bond acceptors (Lipinski definition) is 2. The van der Waals surface area contributed by atoms with Gasteiger partial charge in [0.05, 0.1) is 22.7 Å². The van der Waals surface area contributed by atoms with Gasteiger partial charge in [0.1, 0.15) is 4.60 Å². The number of fused-ring (bicyclic) bond motifs is 3. The van der Waals surface area contributed by atoms with Crippen LogP contribution in [-0.2, 0) is 5.60 Å². The predicted molar refractivity (Wildman–Crippen MR) is 69.5 cm³/mol. The van der Waals surface area contributed by atoms with Crippen LogP contribution in [0, 0.1) is 5.41 Å². The van der Waals surface area contributed by atoms with E-state index in [0.29, 0.717) is 17.4 Å². The van der Waals surface area contributed by atoms with Crippen molar-refractivity contribution in [2.45, 2.75) is 37.1 Å². The van der Waals surface area contributed by atoms with Crippen LogP contribution < -0.4 is 0 Å². The number of hydrogen-bond donors (Lipinski definition) is 2. The first-order valence-electron chi connectivity index (χ1n) is 6.17. The van der Waals surface area contributed by atoms with Crippen molar-refractivity contribution in [3.63, 3.8) is 0 Å². The van der Waals surface area contributed by atoms with Crippen LogP contribution in [0.5, 0.6) is 0 Å². The molecule has 0 saturated heterocycles. The van der Waals surface area contributed by atoms with Gasteiger partial charge in [0, 0.05) is 6.04 Å². The number of nitrogens with zero attached hydrogens (tertiary/aromatic N) is 1. The van der Waals surface area contributed by atoms with E-state index in [9.17, 15) is 23.4 Å². The standard InChI is InChI=1S/C12H12BrClF3NO2/c13-9-6(14)4-8-11(20,12(15,16)17)10(5-19)3-1-2-7(10)18(8)9/h4,7,19-20H,1-3,5H2/t7-,10-,11+/m1/s1. The van der Waals surface area contributed by atoms with Gasteiger partial charge in [-0.2, -0.15) is 13.2 Å². The minimum atomic E-state index is -4.88. The number of aliphatic hydroxyl groups excluding tert-OH is 1. The van der Waals surface area contributed by atoms with E-state index in [4.69, 9.17) is 11.6 Å². The molecule has 8 heteroatoms. The Hall–Kier alpha value is -0.240. The first-order valence-corrected chi connectivity index (χ1v) is 7.34. The summed E-state index contributed by atoms with van der Waals surface area (Å²) in [6.07, 6.45) is -3.77. The molecule has 1 saturated carbocycles. The van der Waals surface area contributed by atoms with Crippen molar-refractivity contribution in [3.8, 4) is 0 Å². The van der Waals surface area contributed by atoms with Crippen molar-refractivity contribution in [1.82, 2.24) is 4.57 Å². The zero-order chi connectivity index (χ0) is 14.9. The molecule has 2 N–H and O–H groups in total. The Morgan fingerprint density at radius 2 is 2.15 bits per heavy atom. The molecule has 0 amide bonds. The first kappa shape index (κ1) is 14.7. The molecule has 112 valence electrons. The fourth-order valence-corrected chi connectivity index (χ4v) is 4.63. The van der Waals surface area contributed by atoms with E-state index in [2.05, 4.69) is 15.9 Å². The molecule has 2 heterocycles. The van der Waals surface area contributed by atoms with E-state index in [1.165, 1.54) is 4.57 Å². The molecule has 3 nitrogen and oxygen atoms in total. The largest absolute Gasteiger partial charge is 0.423 e. The van der Waals surface area contributed by atoms with Gasteiger partial charge in [-0.3, -0.25) is 0 Å². The molecule has 2 aliphatic rings. The summed E-state index contributed by atoms with van der Waals surface area (Å²) in [5.41, 5.74) is -5.00. The van der Waals surface area contributed by atoms with Crippen molar-refractivity contribution in [2.24, 2.45) is 5.41 Å². The van der Waals surface area contributed by atoms with E-state index in [-0.39, 0.29) is 17.1 Å². The van der Waals surface area contributed by atoms with Gasteiger partial charge < -0.3 is 14.8 Å². The molecule has 0 unspecified atom stereocenters. The van der Waals surface area contributed by atoms with Gasteiger partial charge in [0.2, 0.25) is 5.60 Å². The molecule has 1 aliphatic carbocycles. The summed E-state index contributed by atoms with van der Waals surface area (Å²) in [6.45, 7) is -0.723. The molecule has 0 spiro atoms. The lowest BCUT2D eigenvalue weighted by molar-refractivity contribution is -0.311. The lowest BCUT2D eigenvalue weighted by Crippen LogP contribution is -2.55. The molecule has 20 heavy (non-hydrogen) atoms. The third-order valence-electron chi connectivity index (χ3n) is 4.77. The van der Waals surface area contributed by atoms with Crippen LogP contribution in [0.2, 0.25) is 5.02 Å². The van der Waals surface area contributed by atoms with Crippen LogP contribution in [-0.4, -0.2) is 27.6 Å². The van der Waals surface area contributed by atoms with E-state index >= 15 is 0 Å². The summed E-state index contributed by atoms with van der Waals surface area (Å²) >= 11 is 9.08. The molecular weight excluding hydrogens is 362 g/mol. The monoisotopic (exact) mass is 373 g/mol. The van der Waals surface area contributed by atoms with Crippen LogP contribution in [0.25, 0.3) is 0 Å². The molecule has 0 aromatic carbocycles. The normalized spacial score (nSPS) is 36.2. The number of aliphatic hydroxyl groups is 2. The van der Waals surface area contributed by atoms with Crippen molar-refractivity contribution in [1.29, 1.82) is 0 Å². The minimum absolute atomic E-state index is 0.121. The SMILES string of the molecule is OC[C@]12CCC[C@H]1n1c(cc(Cl)c1Br)[C@@]2(O)C(F)(F)F. The highest BCUT2D eigenvalue weighted by atomic mass is 79.9. The highest BCUT2D eigenvalue weighted by molar-refractivity contribution is 9.10. The van der Waals surface area contributed by atoms with Crippen molar-refractivity contribution in [2.75, 3.05) is 6.61 Å². The second-order valence-corrected chi connectivity index (χ2v) is 6.63. The van der Waals surface area contributed by atoms with E-state index in [1.54, 1.807) is 0 Å².